The number of aliphatic hydroxyl groups is 6. The van der Waals surface area contributed by atoms with E-state index in [9.17, 15) is 40.2 Å². The normalized spacial score (nSPS) is 51.9. The molecule has 0 aromatic carbocycles. The molecule has 16 saturated carbocycles. The summed E-state index contributed by atoms with van der Waals surface area (Å²) >= 11 is 0. The predicted molar refractivity (Wildman–Crippen MR) is 463 cm³/mol. The van der Waals surface area contributed by atoms with E-state index < -0.39 is 22.4 Å². The van der Waals surface area contributed by atoms with Crippen molar-refractivity contribution in [1.82, 2.24) is 19.6 Å². The standard InChI is InChI=1S/C27H45NO2.C26H43NO2.2C25H41NO2/c1-18-5-4-14-28(16-18)17-25(29)24-9-8-23-22-7-6-19-15-26(2,30)12-10-20(19)21(22)11-13-27(23,24)3;1-17-10-13-27(15-17)16-24(28)23-7-6-22-21-5-4-18-14-25(2,29)11-8-19(18)20(21)9-12-26(22,23)3;2*1-16(13-26-14-18(27)15-26)22-6-7-23-21-5-4-17-12-24(2,28)10-8-19(17)20(21)9-11-25(22,23)3/h18-24,30H,4-17H2,1-3H3;17-23,29H,4-16H2,1-3H3;2*17-23,27-28H,1,4-15H2,2-3H3/t18?,19-,20-,21+,22+,23-,24+,26+,27-;17?,18-,19+,20-,21-,22+,23-,25-,26+;17-,19+,20-,21-,22-,23+,24-,25-;17-,19-,20+,21+,22+,23-,24+,25+/m0110/s1. The van der Waals surface area contributed by atoms with E-state index >= 15 is 0 Å². The minimum atomic E-state index is -0.423. The van der Waals surface area contributed by atoms with Crippen LogP contribution < -0.4 is 0 Å². The topological polar surface area (TPSA) is 168 Å². The number of fused-ring (bicyclic) bond motifs is 20. The molecule has 34 atom stereocenters. The zero-order valence-corrected chi connectivity index (χ0v) is 74.9. The highest BCUT2D eigenvalue weighted by atomic mass is 16.3. The predicted octanol–water partition coefficient (Wildman–Crippen LogP) is 18.7. The largest absolute Gasteiger partial charge is 0.390 e. The Balaban J connectivity index is 0.000000111. The summed E-state index contributed by atoms with van der Waals surface area (Å²) in [7, 11) is 0. The van der Waals surface area contributed by atoms with Crippen molar-refractivity contribution in [3.05, 3.63) is 24.3 Å². The summed E-state index contributed by atoms with van der Waals surface area (Å²) in [5, 5.41) is 61.6. The Bertz CT molecular complexity index is 3320. The lowest BCUT2D eigenvalue weighted by Crippen LogP contribution is -2.52. The van der Waals surface area contributed by atoms with Crippen LogP contribution in [-0.2, 0) is 9.59 Å². The minimum absolute atomic E-state index is 0.110. The van der Waals surface area contributed by atoms with Crippen LogP contribution in [-0.4, -0.2) is 175 Å². The summed E-state index contributed by atoms with van der Waals surface area (Å²) in [5.74, 6) is 21.6. The van der Waals surface area contributed by atoms with E-state index in [-0.39, 0.29) is 23.0 Å². The molecule has 2 unspecified atom stereocenters. The molecule has 20 fully saturated rings. The lowest BCUT2D eigenvalue weighted by atomic mass is 9.49. The Morgan fingerprint density at radius 3 is 0.861 bits per heavy atom. The molecular formula is C103H170N4O8. The molecule has 6 N–H and O–H groups in total. The SMILES string of the molecule is C=C(CN1CC(O)C1)[C@H]1CC[C@H]2[C@@H]3CC[C@@H]4C[C@](C)(O)CC[C@@H]4[C@H]3CC[C@]12C.C=C(CN1CC(O)C1)[C@H]1CC[C@H]2[C@@H]3CC[C@H]4C[C@](C)(O)CC[C@@H]4[C@H]3CC[C@]12C.CC1CCCN(CC(=O)[C@H]2CC[C@H]3[C@@H]4CC[C@H]5C[C@](C)(O)CC[C@@H]5[C@H]4CC[C@]23C)C1.CC1CCN(CC(=O)[C@H]2CC[C@H]3[C@@H]4CC[C@@H]5C[C@](C)(O)CC[C@@H]5[C@H]4CC[C@]23C)C1. The molecule has 115 heavy (non-hydrogen) atoms. The summed E-state index contributed by atoms with van der Waals surface area (Å²) in [6.45, 7) is 43.5. The Hall–Kier alpha value is -1.58. The fourth-order valence-corrected chi connectivity index (χ4v) is 36.1. The molecule has 4 heterocycles. The molecule has 0 aromatic heterocycles. The third kappa shape index (κ3) is 16.8. The van der Waals surface area contributed by atoms with Crippen LogP contribution in [0.2, 0.25) is 0 Å². The average molecular weight is 1590 g/mol. The Morgan fingerprint density at radius 2 is 0.574 bits per heavy atom. The highest BCUT2D eigenvalue weighted by Gasteiger charge is 2.64. The van der Waals surface area contributed by atoms with Gasteiger partial charge in [0.25, 0.3) is 0 Å². The third-order valence-electron chi connectivity index (χ3n) is 41.4. The number of nitrogens with zero attached hydrogens (tertiary/aromatic N) is 4. The number of hydrogen-bond acceptors (Lipinski definition) is 12. The number of ketones is 2. The smallest absolute Gasteiger partial charge is 0.150 e. The van der Waals surface area contributed by atoms with Crippen molar-refractivity contribution >= 4 is 11.6 Å². The van der Waals surface area contributed by atoms with Gasteiger partial charge in [-0.3, -0.25) is 29.2 Å². The number of piperidine rings is 1. The van der Waals surface area contributed by atoms with Crippen LogP contribution in [0.15, 0.2) is 24.3 Å². The van der Waals surface area contributed by atoms with Crippen molar-refractivity contribution in [3.8, 4) is 0 Å². The van der Waals surface area contributed by atoms with Gasteiger partial charge >= 0.3 is 0 Å². The van der Waals surface area contributed by atoms with E-state index in [2.05, 4.69) is 102 Å². The number of Topliss-reactive ketones (excluding diaryl/α,β-unsaturated/α-hetero) is 2. The van der Waals surface area contributed by atoms with Crippen LogP contribution in [0.5, 0.6) is 0 Å². The van der Waals surface area contributed by atoms with Gasteiger partial charge in [-0.15, -0.1) is 0 Å². The minimum Gasteiger partial charge on any atom is -0.390 e. The molecular weight excluding hydrogens is 1420 g/mol. The second-order valence-corrected chi connectivity index (χ2v) is 49.0. The van der Waals surface area contributed by atoms with Crippen molar-refractivity contribution in [2.45, 2.75) is 354 Å². The van der Waals surface area contributed by atoms with Gasteiger partial charge in [0, 0.05) is 64.2 Å². The van der Waals surface area contributed by atoms with Gasteiger partial charge in [-0.05, 0) is 455 Å². The van der Waals surface area contributed by atoms with Crippen molar-refractivity contribution in [2.24, 2.45) is 176 Å². The van der Waals surface area contributed by atoms with Gasteiger partial charge in [0.1, 0.15) is 11.6 Å². The number of likely N-dealkylation sites (tertiary alicyclic amines) is 4. The third-order valence-corrected chi connectivity index (χ3v) is 41.4. The van der Waals surface area contributed by atoms with Gasteiger partial charge in [0.2, 0.25) is 0 Å². The van der Waals surface area contributed by atoms with E-state index in [1.54, 1.807) is 0 Å². The van der Waals surface area contributed by atoms with E-state index in [4.69, 9.17) is 0 Å². The molecule has 0 aromatic rings. The summed E-state index contributed by atoms with van der Waals surface area (Å²) in [6, 6.07) is 0. The first-order chi connectivity index (χ1) is 54.6. The molecule has 4 aliphatic heterocycles. The van der Waals surface area contributed by atoms with Crippen molar-refractivity contribution in [1.29, 1.82) is 0 Å². The van der Waals surface area contributed by atoms with E-state index in [1.807, 2.05) is 0 Å². The van der Waals surface area contributed by atoms with Crippen LogP contribution in [0.3, 0.4) is 0 Å². The highest BCUT2D eigenvalue weighted by Crippen LogP contribution is 2.71. The lowest BCUT2D eigenvalue weighted by molar-refractivity contribution is -0.134. The number of aliphatic hydroxyl groups excluding tert-OH is 2. The highest BCUT2D eigenvalue weighted by molar-refractivity contribution is 5.84. The molecule has 0 bridgehead atoms. The van der Waals surface area contributed by atoms with Crippen molar-refractivity contribution in [2.75, 3.05) is 78.5 Å². The Morgan fingerprint density at radius 1 is 0.296 bits per heavy atom. The van der Waals surface area contributed by atoms with E-state index in [0.717, 1.165) is 260 Å². The fraction of sp³-hybridized carbons (Fsp3) is 0.942. The molecule has 0 radical (unpaired) electrons. The molecule has 4 saturated heterocycles. The summed E-state index contributed by atoms with van der Waals surface area (Å²) < 4.78 is 0. The lowest BCUT2D eigenvalue weighted by Gasteiger charge is -2.57. The first-order valence-corrected chi connectivity index (χ1v) is 50.1. The van der Waals surface area contributed by atoms with Crippen molar-refractivity contribution in [3.63, 3.8) is 0 Å². The maximum atomic E-state index is 13.5. The first-order valence-electron chi connectivity index (χ1n) is 50.1. The second-order valence-electron chi connectivity index (χ2n) is 49.0. The summed E-state index contributed by atoms with van der Waals surface area (Å²) in [5.41, 5.74) is 2.65. The molecule has 20 rings (SSSR count). The summed E-state index contributed by atoms with van der Waals surface area (Å²) in [6.07, 6.45) is 48.8. The quantitative estimate of drug-likeness (QED) is 0.103. The monoisotopic (exact) mass is 1590 g/mol. The number of β-amino-alcohol motifs (C(OH)–C–C–N with tert-alkyl or cyclic N) is 2. The molecule has 12 heteroatoms. The Labute approximate surface area is 700 Å². The molecule has 0 amide bonds. The summed E-state index contributed by atoms with van der Waals surface area (Å²) in [4.78, 5) is 36.4. The van der Waals surface area contributed by atoms with Gasteiger partial charge in [0.15, 0.2) is 0 Å². The number of hydrogen-bond donors (Lipinski definition) is 6. The van der Waals surface area contributed by atoms with Crippen LogP contribution in [0.1, 0.15) is 320 Å². The van der Waals surface area contributed by atoms with Gasteiger partial charge in [-0.1, -0.05) is 65.8 Å². The number of rotatable bonds is 12. The van der Waals surface area contributed by atoms with Crippen LogP contribution in [0.4, 0.5) is 0 Å². The van der Waals surface area contributed by atoms with Crippen LogP contribution >= 0.6 is 0 Å². The maximum absolute atomic E-state index is 13.5. The van der Waals surface area contributed by atoms with Gasteiger partial charge in [-0.25, -0.2) is 0 Å². The van der Waals surface area contributed by atoms with E-state index in [1.165, 1.54) is 197 Å². The molecule has 650 valence electrons. The molecule has 20 aliphatic rings. The molecule has 16 aliphatic carbocycles. The first kappa shape index (κ1) is 85.6. The van der Waals surface area contributed by atoms with E-state index in [0.29, 0.717) is 59.2 Å². The number of carbonyl (C=O) groups is 2. The number of carbonyl (C=O) groups excluding carboxylic acids is 2. The average Bonchev–Trinajstić information content (AvgIpc) is 1.69. The zero-order chi connectivity index (χ0) is 80.8. The van der Waals surface area contributed by atoms with Gasteiger partial charge in [0.05, 0.1) is 47.7 Å². The van der Waals surface area contributed by atoms with Crippen LogP contribution in [0, 0.1) is 176 Å². The van der Waals surface area contributed by atoms with Gasteiger partial charge < -0.3 is 30.6 Å². The maximum Gasteiger partial charge on any atom is 0.150 e. The zero-order valence-electron chi connectivity index (χ0n) is 74.9. The van der Waals surface area contributed by atoms with Crippen molar-refractivity contribution < 1.29 is 40.2 Å². The Kier molecular flexibility index (Phi) is 24.6. The van der Waals surface area contributed by atoms with Crippen LogP contribution in [0.25, 0.3) is 0 Å². The molecule has 12 nitrogen and oxygen atoms in total. The molecule has 0 spiro atoms. The second kappa shape index (κ2) is 33.1. The van der Waals surface area contributed by atoms with Gasteiger partial charge in [-0.2, -0.15) is 0 Å². The fourth-order valence-electron chi connectivity index (χ4n) is 36.1.